The molecule has 0 fully saturated rings. The molecule has 0 unspecified atom stereocenters. The second kappa shape index (κ2) is 8.96. The third-order valence-electron chi connectivity index (χ3n) is 3.07. The van der Waals surface area contributed by atoms with E-state index in [2.05, 4.69) is 15.9 Å². The molecule has 2 aromatic carbocycles. The average molecular weight is 374 g/mol. The van der Waals surface area contributed by atoms with Gasteiger partial charge in [-0.2, -0.15) is 5.26 Å². The summed E-state index contributed by atoms with van der Waals surface area (Å²) in [4.78, 5) is 11.7. The van der Waals surface area contributed by atoms with E-state index in [4.69, 9.17) is 14.7 Å². The molecule has 0 N–H and O–H groups in total. The van der Waals surface area contributed by atoms with Crippen LogP contribution in [0.15, 0.2) is 53.0 Å². The number of hydrogen-bond acceptors (Lipinski definition) is 4. The predicted octanol–water partition coefficient (Wildman–Crippen LogP) is 4.22. The van der Waals surface area contributed by atoms with Crippen molar-refractivity contribution in [3.05, 3.63) is 64.1 Å². The Kier molecular flexibility index (Phi) is 6.64. The van der Waals surface area contributed by atoms with Gasteiger partial charge in [-0.1, -0.05) is 34.1 Å². The van der Waals surface area contributed by atoms with Crippen LogP contribution < -0.4 is 4.74 Å². The number of esters is 1. The van der Waals surface area contributed by atoms with Crippen LogP contribution in [0.25, 0.3) is 0 Å². The first-order valence-corrected chi connectivity index (χ1v) is 8.00. The van der Waals surface area contributed by atoms with Gasteiger partial charge in [0.15, 0.2) is 0 Å². The second-order valence-electron chi connectivity index (χ2n) is 4.88. The van der Waals surface area contributed by atoms with Crippen LogP contribution in [-0.4, -0.2) is 12.6 Å². The molecule has 0 amide bonds. The predicted molar refractivity (Wildman–Crippen MR) is 89.8 cm³/mol. The fourth-order valence-corrected chi connectivity index (χ4v) is 2.25. The van der Waals surface area contributed by atoms with E-state index in [1.165, 1.54) is 0 Å². The molecule has 0 spiro atoms. The molecule has 0 aromatic heterocycles. The molecule has 118 valence electrons. The van der Waals surface area contributed by atoms with Crippen molar-refractivity contribution in [2.24, 2.45) is 0 Å². The summed E-state index contributed by atoms with van der Waals surface area (Å²) in [6, 6.07) is 16.6. The molecule has 0 heterocycles. The van der Waals surface area contributed by atoms with Gasteiger partial charge in [0.1, 0.15) is 12.4 Å². The van der Waals surface area contributed by atoms with Gasteiger partial charge in [0, 0.05) is 10.9 Å². The fourth-order valence-electron chi connectivity index (χ4n) is 1.87. The Morgan fingerprint density at radius 3 is 2.65 bits per heavy atom. The number of halogens is 1. The number of rotatable bonds is 7. The number of hydrogen-bond donors (Lipinski definition) is 0. The van der Waals surface area contributed by atoms with Gasteiger partial charge in [-0.05, 0) is 42.3 Å². The van der Waals surface area contributed by atoms with Crippen molar-refractivity contribution in [1.82, 2.24) is 0 Å². The Hall–Kier alpha value is -2.32. The minimum absolute atomic E-state index is 0.219. The second-order valence-corrected chi connectivity index (χ2v) is 5.79. The van der Waals surface area contributed by atoms with Gasteiger partial charge in [0.25, 0.3) is 0 Å². The largest absolute Gasteiger partial charge is 0.494 e. The minimum atomic E-state index is -0.257. The molecule has 5 heteroatoms. The van der Waals surface area contributed by atoms with Gasteiger partial charge >= 0.3 is 5.97 Å². The van der Waals surface area contributed by atoms with Crippen molar-refractivity contribution in [1.29, 1.82) is 5.26 Å². The van der Waals surface area contributed by atoms with Crippen molar-refractivity contribution >= 4 is 21.9 Å². The quantitative estimate of drug-likeness (QED) is 0.538. The van der Waals surface area contributed by atoms with E-state index >= 15 is 0 Å². The van der Waals surface area contributed by atoms with Crippen LogP contribution in [0.5, 0.6) is 5.75 Å². The molecule has 23 heavy (non-hydrogen) atoms. The lowest BCUT2D eigenvalue weighted by molar-refractivity contribution is -0.145. The van der Waals surface area contributed by atoms with E-state index in [-0.39, 0.29) is 12.6 Å². The third kappa shape index (κ3) is 6.13. The summed E-state index contributed by atoms with van der Waals surface area (Å²) in [6.07, 6.45) is 0.906. The molecule has 0 radical (unpaired) electrons. The number of nitrogens with zero attached hydrogens (tertiary/aromatic N) is 1. The van der Waals surface area contributed by atoms with Crippen LogP contribution in [0.4, 0.5) is 0 Å². The van der Waals surface area contributed by atoms with E-state index in [1.807, 2.05) is 30.3 Å². The Balaban J connectivity index is 1.64. The summed E-state index contributed by atoms with van der Waals surface area (Å²) < 4.78 is 11.7. The van der Waals surface area contributed by atoms with Crippen LogP contribution in [0.1, 0.15) is 24.0 Å². The van der Waals surface area contributed by atoms with Crippen molar-refractivity contribution in [2.75, 3.05) is 6.61 Å². The summed E-state index contributed by atoms with van der Waals surface area (Å²) in [6.45, 7) is 0.680. The topological polar surface area (TPSA) is 59.3 Å². The molecule has 0 atom stereocenters. The monoisotopic (exact) mass is 373 g/mol. The molecule has 0 aliphatic carbocycles. The number of nitriles is 1. The number of ether oxygens (including phenoxy) is 2. The van der Waals surface area contributed by atoms with Crippen molar-refractivity contribution < 1.29 is 14.3 Å². The Morgan fingerprint density at radius 2 is 1.96 bits per heavy atom. The van der Waals surface area contributed by atoms with Gasteiger partial charge in [-0.25, -0.2) is 0 Å². The Bertz CT molecular complexity index is 692. The van der Waals surface area contributed by atoms with E-state index in [0.29, 0.717) is 25.0 Å². The molecular weight excluding hydrogens is 358 g/mol. The smallest absolute Gasteiger partial charge is 0.306 e. The SMILES string of the molecule is N#Cc1ccc(COC(=O)CCCOc2cccc(Br)c2)cc1. The van der Waals surface area contributed by atoms with Gasteiger partial charge < -0.3 is 9.47 Å². The van der Waals surface area contributed by atoms with Gasteiger partial charge in [0.05, 0.1) is 18.2 Å². The first-order valence-electron chi connectivity index (χ1n) is 7.20. The molecule has 0 saturated heterocycles. The van der Waals surface area contributed by atoms with E-state index in [1.54, 1.807) is 24.3 Å². The minimum Gasteiger partial charge on any atom is -0.494 e. The lowest BCUT2D eigenvalue weighted by atomic mass is 10.2. The molecule has 0 bridgehead atoms. The lowest BCUT2D eigenvalue weighted by Gasteiger charge is -2.07. The zero-order valence-corrected chi connectivity index (χ0v) is 14.1. The highest BCUT2D eigenvalue weighted by molar-refractivity contribution is 9.10. The Morgan fingerprint density at radius 1 is 1.17 bits per heavy atom. The van der Waals surface area contributed by atoms with E-state index in [9.17, 15) is 4.79 Å². The van der Waals surface area contributed by atoms with Crippen molar-refractivity contribution in [3.8, 4) is 11.8 Å². The standard InChI is InChI=1S/C18H16BrNO3/c19-16-3-1-4-17(11-16)22-10-2-5-18(21)23-13-15-8-6-14(12-20)7-9-15/h1,3-4,6-9,11H,2,5,10,13H2. The van der Waals surface area contributed by atoms with Crippen molar-refractivity contribution in [3.63, 3.8) is 0 Å². The Labute approximate surface area is 143 Å². The third-order valence-corrected chi connectivity index (χ3v) is 3.57. The summed E-state index contributed by atoms with van der Waals surface area (Å²) >= 11 is 3.37. The van der Waals surface area contributed by atoms with Crippen LogP contribution in [0.2, 0.25) is 0 Å². The molecular formula is C18H16BrNO3. The van der Waals surface area contributed by atoms with Gasteiger partial charge in [-0.3, -0.25) is 4.79 Å². The first kappa shape index (κ1) is 17.0. The molecule has 2 aromatic rings. The highest BCUT2D eigenvalue weighted by Gasteiger charge is 2.04. The highest BCUT2D eigenvalue weighted by Crippen LogP contribution is 2.18. The summed E-state index contributed by atoms with van der Waals surface area (Å²) in [5.41, 5.74) is 1.45. The molecule has 0 aliphatic heterocycles. The summed E-state index contributed by atoms with van der Waals surface area (Å²) in [7, 11) is 0. The molecule has 4 nitrogen and oxygen atoms in total. The average Bonchev–Trinajstić information content (AvgIpc) is 2.57. The maximum absolute atomic E-state index is 11.7. The highest BCUT2D eigenvalue weighted by atomic mass is 79.9. The summed E-state index contributed by atoms with van der Waals surface area (Å²) in [5.74, 6) is 0.512. The zero-order chi connectivity index (χ0) is 16.5. The fraction of sp³-hybridized carbons (Fsp3) is 0.222. The molecule has 2 rings (SSSR count). The van der Waals surface area contributed by atoms with Crippen LogP contribution in [0.3, 0.4) is 0 Å². The number of carbonyl (C=O) groups is 1. The lowest BCUT2D eigenvalue weighted by Crippen LogP contribution is -2.07. The van der Waals surface area contributed by atoms with Crippen LogP contribution in [-0.2, 0) is 16.1 Å². The molecule has 0 saturated carbocycles. The van der Waals surface area contributed by atoms with Crippen LogP contribution in [0, 0.1) is 11.3 Å². The zero-order valence-electron chi connectivity index (χ0n) is 12.5. The molecule has 0 aliphatic rings. The van der Waals surface area contributed by atoms with E-state index < -0.39 is 0 Å². The van der Waals surface area contributed by atoms with E-state index in [0.717, 1.165) is 15.8 Å². The van der Waals surface area contributed by atoms with Gasteiger partial charge in [-0.15, -0.1) is 0 Å². The van der Waals surface area contributed by atoms with Crippen molar-refractivity contribution in [2.45, 2.75) is 19.4 Å². The number of benzene rings is 2. The maximum Gasteiger partial charge on any atom is 0.306 e. The maximum atomic E-state index is 11.7. The summed E-state index contributed by atoms with van der Waals surface area (Å²) in [5, 5.41) is 8.71. The normalized spacial score (nSPS) is 9.91. The van der Waals surface area contributed by atoms with Crippen LogP contribution >= 0.6 is 15.9 Å². The number of carbonyl (C=O) groups excluding carboxylic acids is 1. The van der Waals surface area contributed by atoms with Gasteiger partial charge in [0.2, 0.25) is 0 Å². The first-order chi connectivity index (χ1) is 11.2.